The Labute approximate surface area is 147 Å². The number of nitrogens with one attached hydrogen (secondary N) is 2. The van der Waals surface area contributed by atoms with E-state index in [2.05, 4.69) is 10.9 Å². The zero-order valence-electron chi connectivity index (χ0n) is 13.4. The molecule has 9 heteroatoms. The number of nitrogens with zero attached hydrogens (tertiary/aromatic N) is 2. The fraction of sp³-hybridized carbons (Fsp3) is 0.118. The number of nitro benzene ring substituents is 1. The van der Waals surface area contributed by atoms with Crippen LogP contribution in [0.1, 0.15) is 16.8 Å². The number of benzene rings is 2. The predicted octanol–water partition coefficient (Wildman–Crippen LogP) is 1.16. The minimum absolute atomic E-state index is 0.0587. The van der Waals surface area contributed by atoms with Gasteiger partial charge in [0, 0.05) is 17.7 Å². The molecular formula is C17H14N4O5. The van der Waals surface area contributed by atoms with Crippen molar-refractivity contribution in [3.05, 3.63) is 70.3 Å². The van der Waals surface area contributed by atoms with Gasteiger partial charge in [0.2, 0.25) is 5.91 Å². The van der Waals surface area contributed by atoms with Gasteiger partial charge in [-0.25, -0.2) is 10.3 Å². The van der Waals surface area contributed by atoms with Crippen LogP contribution in [0.4, 0.5) is 11.4 Å². The quantitative estimate of drug-likeness (QED) is 0.472. The van der Waals surface area contributed by atoms with E-state index in [-0.39, 0.29) is 23.6 Å². The number of carbonyl (C=O) groups excluding carboxylic acids is 3. The van der Waals surface area contributed by atoms with Crippen LogP contribution in [0.25, 0.3) is 0 Å². The topological polar surface area (TPSA) is 122 Å². The largest absolute Gasteiger partial charge is 0.287 e. The molecule has 132 valence electrons. The van der Waals surface area contributed by atoms with Crippen molar-refractivity contribution in [3.63, 3.8) is 0 Å². The normalized spacial score (nSPS) is 16.6. The summed E-state index contributed by atoms with van der Waals surface area (Å²) in [5.41, 5.74) is 5.14. The fourth-order valence-electron chi connectivity index (χ4n) is 2.58. The Morgan fingerprint density at radius 1 is 1.12 bits per heavy atom. The van der Waals surface area contributed by atoms with Crippen molar-refractivity contribution < 1.29 is 19.3 Å². The summed E-state index contributed by atoms with van der Waals surface area (Å²) < 4.78 is 0. The Morgan fingerprint density at radius 3 is 2.54 bits per heavy atom. The number of carbonyl (C=O) groups is 3. The molecule has 3 rings (SSSR count). The van der Waals surface area contributed by atoms with Gasteiger partial charge in [-0.15, -0.1) is 0 Å². The third-order valence-electron chi connectivity index (χ3n) is 3.84. The molecule has 0 aliphatic carbocycles. The van der Waals surface area contributed by atoms with Crippen molar-refractivity contribution in [2.24, 2.45) is 0 Å². The minimum atomic E-state index is -0.912. The van der Waals surface area contributed by atoms with Crippen LogP contribution in [-0.4, -0.2) is 28.7 Å². The number of hydrazine groups is 1. The minimum Gasteiger partial charge on any atom is -0.287 e. The first-order chi connectivity index (χ1) is 12.5. The lowest BCUT2D eigenvalue weighted by molar-refractivity contribution is -0.384. The number of anilines is 1. The summed E-state index contributed by atoms with van der Waals surface area (Å²) in [6.07, 6.45) is -0.108. The number of non-ortho nitro benzene ring substituents is 1. The molecule has 0 bridgehead atoms. The fourth-order valence-corrected chi connectivity index (χ4v) is 2.58. The first kappa shape index (κ1) is 17.2. The molecular weight excluding hydrogens is 340 g/mol. The van der Waals surface area contributed by atoms with Crippen LogP contribution in [0.15, 0.2) is 54.6 Å². The number of imide groups is 1. The van der Waals surface area contributed by atoms with E-state index in [4.69, 9.17) is 0 Å². The second-order valence-electron chi connectivity index (χ2n) is 5.57. The summed E-state index contributed by atoms with van der Waals surface area (Å²) in [5.74, 6) is -1.52. The summed E-state index contributed by atoms with van der Waals surface area (Å²) in [4.78, 5) is 47.8. The van der Waals surface area contributed by atoms with Gasteiger partial charge in [0.05, 0.1) is 17.0 Å². The van der Waals surface area contributed by atoms with Gasteiger partial charge in [0.15, 0.2) is 0 Å². The summed E-state index contributed by atoms with van der Waals surface area (Å²) in [6.45, 7) is 0. The molecule has 2 aromatic rings. The molecule has 1 aliphatic heterocycles. The average Bonchev–Trinajstić information content (AvgIpc) is 2.94. The van der Waals surface area contributed by atoms with Crippen LogP contribution in [0, 0.1) is 10.1 Å². The Bertz CT molecular complexity index is 884. The molecule has 9 nitrogen and oxygen atoms in total. The molecule has 3 amide bonds. The van der Waals surface area contributed by atoms with Crippen LogP contribution in [0.3, 0.4) is 0 Å². The van der Waals surface area contributed by atoms with E-state index in [9.17, 15) is 24.5 Å². The van der Waals surface area contributed by atoms with Crippen molar-refractivity contribution in [2.45, 2.75) is 12.5 Å². The molecule has 1 heterocycles. The molecule has 1 aliphatic rings. The molecule has 2 N–H and O–H groups in total. The highest BCUT2D eigenvalue weighted by Gasteiger charge is 2.39. The number of amides is 3. The zero-order chi connectivity index (χ0) is 18.7. The molecule has 1 fully saturated rings. The van der Waals surface area contributed by atoms with Gasteiger partial charge >= 0.3 is 0 Å². The highest BCUT2D eigenvalue weighted by atomic mass is 16.6. The predicted molar refractivity (Wildman–Crippen MR) is 91.0 cm³/mol. The van der Waals surface area contributed by atoms with Gasteiger partial charge in [-0.3, -0.25) is 29.9 Å². The number of hydrogen-bond acceptors (Lipinski definition) is 6. The molecule has 1 saturated heterocycles. The average molecular weight is 354 g/mol. The van der Waals surface area contributed by atoms with Crippen molar-refractivity contribution in [1.82, 2.24) is 10.9 Å². The first-order valence-corrected chi connectivity index (χ1v) is 7.69. The van der Waals surface area contributed by atoms with E-state index in [0.717, 1.165) is 11.0 Å². The molecule has 1 atom stereocenters. The summed E-state index contributed by atoms with van der Waals surface area (Å²) in [5, 5.41) is 10.8. The van der Waals surface area contributed by atoms with Crippen molar-refractivity contribution in [2.75, 3.05) is 4.90 Å². The monoisotopic (exact) mass is 354 g/mol. The van der Waals surface area contributed by atoms with Crippen LogP contribution < -0.4 is 15.8 Å². The lowest BCUT2D eigenvalue weighted by Crippen LogP contribution is -2.48. The Hall–Kier alpha value is -3.59. The standard InChI is InChI=1S/C17H14N4O5/c22-15-10-14(17(24)20(15)12-6-2-1-3-7-12)18-19-16(23)11-5-4-8-13(9-11)21(25)26/h1-9,14,18H,10H2,(H,19,23). The molecule has 0 radical (unpaired) electrons. The molecule has 1 unspecified atom stereocenters. The van der Waals surface area contributed by atoms with Crippen molar-refractivity contribution in [1.29, 1.82) is 0 Å². The molecule has 2 aromatic carbocycles. The van der Waals surface area contributed by atoms with E-state index in [1.807, 2.05) is 0 Å². The smallest absolute Gasteiger partial charge is 0.270 e. The lowest BCUT2D eigenvalue weighted by atomic mass is 10.2. The van der Waals surface area contributed by atoms with E-state index in [1.54, 1.807) is 30.3 Å². The Kier molecular flexibility index (Phi) is 4.72. The number of nitro groups is 1. The highest BCUT2D eigenvalue weighted by Crippen LogP contribution is 2.22. The number of para-hydroxylation sites is 1. The van der Waals surface area contributed by atoms with E-state index in [1.165, 1.54) is 18.2 Å². The number of rotatable bonds is 5. The third-order valence-corrected chi connectivity index (χ3v) is 3.84. The maximum Gasteiger partial charge on any atom is 0.270 e. The van der Waals surface area contributed by atoms with Crippen molar-refractivity contribution >= 4 is 29.1 Å². The molecule has 0 saturated carbocycles. The zero-order valence-corrected chi connectivity index (χ0v) is 13.4. The van der Waals surface area contributed by atoms with Gasteiger partial charge in [0.25, 0.3) is 17.5 Å². The van der Waals surface area contributed by atoms with Gasteiger partial charge < -0.3 is 0 Å². The summed E-state index contributed by atoms with van der Waals surface area (Å²) in [6, 6.07) is 12.7. The second-order valence-corrected chi connectivity index (χ2v) is 5.57. The summed E-state index contributed by atoms with van der Waals surface area (Å²) >= 11 is 0. The highest BCUT2D eigenvalue weighted by molar-refractivity contribution is 6.22. The Morgan fingerprint density at radius 2 is 1.85 bits per heavy atom. The number of hydrogen-bond donors (Lipinski definition) is 2. The van der Waals surface area contributed by atoms with Gasteiger partial charge in [-0.1, -0.05) is 24.3 Å². The van der Waals surface area contributed by atoms with Crippen LogP contribution >= 0.6 is 0 Å². The summed E-state index contributed by atoms with van der Waals surface area (Å²) in [7, 11) is 0. The lowest BCUT2D eigenvalue weighted by Gasteiger charge is -2.15. The maximum atomic E-state index is 12.4. The maximum absolute atomic E-state index is 12.4. The first-order valence-electron chi connectivity index (χ1n) is 7.69. The van der Waals surface area contributed by atoms with E-state index >= 15 is 0 Å². The van der Waals surface area contributed by atoms with Gasteiger partial charge in [-0.05, 0) is 18.2 Å². The van der Waals surface area contributed by atoms with Crippen molar-refractivity contribution in [3.8, 4) is 0 Å². The second kappa shape index (κ2) is 7.11. The van der Waals surface area contributed by atoms with Crippen LogP contribution in [0.2, 0.25) is 0 Å². The Balaban J connectivity index is 1.66. The van der Waals surface area contributed by atoms with E-state index < -0.39 is 22.8 Å². The van der Waals surface area contributed by atoms with Crippen LogP contribution in [0.5, 0.6) is 0 Å². The SMILES string of the molecule is O=C(NNC1CC(=O)N(c2ccccc2)C1=O)c1cccc([N+](=O)[O-])c1. The molecule has 0 spiro atoms. The van der Waals surface area contributed by atoms with Gasteiger partial charge in [-0.2, -0.15) is 0 Å². The van der Waals surface area contributed by atoms with E-state index in [0.29, 0.717) is 5.69 Å². The molecule has 0 aromatic heterocycles. The third kappa shape index (κ3) is 3.42. The molecule has 26 heavy (non-hydrogen) atoms. The van der Waals surface area contributed by atoms with Crippen LogP contribution in [-0.2, 0) is 9.59 Å². The van der Waals surface area contributed by atoms with Gasteiger partial charge in [0.1, 0.15) is 6.04 Å².